The molecule has 2 heterocycles. The number of likely N-dealkylation sites (tertiary alicyclic amines) is 1. The molecule has 148 valence electrons. The van der Waals surface area contributed by atoms with Crippen LogP contribution in [-0.2, 0) is 16.8 Å². The van der Waals surface area contributed by atoms with Crippen molar-refractivity contribution in [3.8, 4) is 0 Å². The van der Waals surface area contributed by atoms with E-state index in [4.69, 9.17) is 4.98 Å². The van der Waals surface area contributed by atoms with Gasteiger partial charge in [0, 0.05) is 37.4 Å². The predicted molar refractivity (Wildman–Crippen MR) is 110 cm³/mol. The third kappa shape index (κ3) is 3.07. The predicted octanol–water partition coefficient (Wildman–Crippen LogP) is 4.43. The van der Waals surface area contributed by atoms with Crippen LogP contribution in [0.5, 0.6) is 0 Å². The maximum Gasteiger partial charge on any atom is 0.233 e. The Bertz CT molecular complexity index is 848. The number of carbonyl (C=O) groups is 1. The average Bonchev–Trinajstić information content (AvgIpc) is 3.43. The summed E-state index contributed by atoms with van der Waals surface area (Å²) >= 11 is 0. The van der Waals surface area contributed by atoms with Gasteiger partial charge in [-0.3, -0.25) is 4.79 Å². The second-order valence-electron chi connectivity index (χ2n) is 9.20. The van der Waals surface area contributed by atoms with Crippen LogP contribution in [-0.4, -0.2) is 33.4 Å². The third-order valence-electron chi connectivity index (χ3n) is 7.29. The van der Waals surface area contributed by atoms with Crippen molar-refractivity contribution < 1.29 is 4.79 Å². The summed E-state index contributed by atoms with van der Waals surface area (Å²) in [7, 11) is 0. The number of nitrogens with zero attached hydrogens (tertiary/aromatic N) is 3. The van der Waals surface area contributed by atoms with E-state index in [1.54, 1.807) is 0 Å². The number of imidazole rings is 1. The number of aryl methyl sites for hydroxylation is 1. The Hall–Kier alpha value is -2.10. The lowest BCUT2D eigenvalue weighted by Gasteiger charge is -2.36. The molecule has 1 amide bonds. The quantitative estimate of drug-likeness (QED) is 0.773. The molecule has 3 aliphatic rings. The lowest BCUT2D eigenvalue weighted by molar-refractivity contribution is -0.135. The molecular formula is C24H31N3O. The minimum Gasteiger partial charge on any atom is -0.342 e. The van der Waals surface area contributed by atoms with E-state index in [-0.39, 0.29) is 5.41 Å². The average molecular weight is 378 g/mol. The molecule has 2 aliphatic carbocycles. The number of piperidine rings is 1. The van der Waals surface area contributed by atoms with Gasteiger partial charge in [-0.25, -0.2) is 4.98 Å². The standard InChI is InChI=1S/C24H31N3O/c1-18-15-25-22(20-8-5-9-20)27(18)17-19-7-6-14-26(16-19)23(28)24(12-13-24)21-10-3-2-4-11-21/h2-4,10-11,15,19-20H,5-9,12-14,16-17H2,1H3. The van der Waals surface area contributed by atoms with Gasteiger partial charge in [0.2, 0.25) is 5.91 Å². The molecule has 1 aliphatic heterocycles. The second-order valence-corrected chi connectivity index (χ2v) is 9.20. The summed E-state index contributed by atoms with van der Waals surface area (Å²) in [6.07, 6.45) is 10.3. The van der Waals surface area contributed by atoms with Crippen LogP contribution in [0, 0.1) is 12.8 Å². The van der Waals surface area contributed by atoms with Crippen molar-refractivity contribution in [3.05, 3.63) is 53.6 Å². The maximum atomic E-state index is 13.4. The van der Waals surface area contributed by atoms with Gasteiger partial charge < -0.3 is 9.47 Å². The van der Waals surface area contributed by atoms with Gasteiger partial charge in [0.1, 0.15) is 5.82 Å². The first-order valence-electron chi connectivity index (χ1n) is 11.0. The molecule has 2 aromatic rings. The summed E-state index contributed by atoms with van der Waals surface area (Å²) in [6.45, 7) is 5.01. The molecule has 1 aromatic heterocycles. The van der Waals surface area contributed by atoms with Crippen molar-refractivity contribution in [1.29, 1.82) is 0 Å². The molecule has 2 saturated carbocycles. The lowest BCUT2D eigenvalue weighted by atomic mass is 9.84. The smallest absolute Gasteiger partial charge is 0.233 e. The minimum absolute atomic E-state index is 0.231. The Morgan fingerprint density at radius 1 is 1.14 bits per heavy atom. The van der Waals surface area contributed by atoms with E-state index < -0.39 is 0 Å². The fourth-order valence-electron chi connectivity index (χ4n) is 5.18. The zero-order valence-electron chi connectivity index (χ0n) is 16.9. The van der Waals surface area contributed by atoms with E-state index in [0.717, 1.165) is 38.9 Å². The first kappa shape index (κ1) is 18.0. The Morgan fingerprint density at radius 2 is 1.93 bits per heavy atom. The Morgan fingerprint density at radius 3 is 2.61 bits per heavy atom. The molecule has 1 aromatic carbocycles. The largest absolute Gasteiger partial charge is 0.342 e. The number of hydrogen-bond acceptors (Lipinski definition) is 2. The maximum absolute atomic E-state index is 13.4. The molecule has 0 radical (unpaired) electrons. The summed E-state index contributed by atoms with van der Waals surface area (Å²) in [6, 6.07) is 10.4. The molecule has 4 nitrogen and oxygen atoms in total. The SMILES string of the molecule is Cc1cnc(C2CCC2)n1CC1CCCN(C(=O)C2(c3ccccc3)CC2)C1. The molecule has 1 saturated heterocycles. The van der Waals surface area contributed by atoms with E-state index in [1.165, 1.54) is 42.8 Å². The number of benzene rings is 1. The number of amides is 1. The van der Waals surface area contributed by atoms with Crippen LogP contribution in [0.15, 0.2) is 36.5 Å². The number of aromatic nitrogens is 2. The van der Waals surface area contributed by atoms with Crippen molar-refractivity contribution in [2.75, 3.05) is 13.1 Å². The van der Waals surface area contributed by atoms with Crippen LogP contribution in [0.4, 0.5) is 0 Å². The highest BCUT2D eigenvalue weighted by atomic mass is 16.2. The van der Waals surface area contributed by atoms with Gasteiger partial charge >= 0.3 is 0 Å². The van der Waals surface area contributed by atoms with Crippen LogP contribution < -0.4 is 0 Å². The summed E-state index contributed by atoms with van der Waals surface area (Å²) in [5.74, 6) is 2.85. The topological polar surface area (TPSA) is 38.1 Å². The lowest BCUT2D eigenvalue weighted by Crippen LogP contribution is -2.46. The number of rotatable bonds is 5. The molecule has 0 N–H and O–H groups in total. The highest BCUT2D eigenvalue weighted by Crippen LogP contribution is 2.50. The van der Waals surface area contributed by atoms with E-state index >= 15 is 0 Å². The highest BCUT2D eigenvalue weighted by molar-refractivity contribution is 5.91. The van der Waals surface area contributed by atoms with Crippen LogP contribution >= 0.6 is 0 Å². The Balaban J connectivity index is 1.30. The molecule has 5 rings (SSSR count). The summed E-state index contributed by atoms with van der Waals surface area (Å²) < 4.78 is 2.45. The molecule has 28 heavy (non-hydrogen) atoms. The van der Waals surface area contributed by atoms with Gasteiger partial charge in [0.05, 0.1) is 5.41 Å². The van der Waals surface area contributed by atoms with E-state index in [9.17, 15) is 4.79 Å². The zero-order valence-corrected chi connectivity index (χ0v) is 16.9. The summed E-state index contributed by atoms with van der Waals surface area (Å²) in [4.78, 5) is 20.3. The van der Waals surface area contributed by atoms with Crippen LogP contribution in [0.3, 0.4) is 0 Å². The van der Waals surface area contributed by atoms with Crippen LogP contribution in [0.2, 0.25) is 0 Å². The molecule has 1 atom stereocenters. The van der Waals surface area contributed by atoms with Crippen molar-refractivity contribution in [3.63, 3.8) is 0 Å². The van der Waals surface area contributed by atoms with Gasteiger partial charge in [-0.2, -0.15) is 0 Å². The molecular weight excluding hydrogens is 346 g/mol. The normalized spacial score (nSPS) is 24.0. The van der Waals surface area contributed by atoms with Gasteiger partial charge in [-0.15, -0.1) is 0 Å². The Labute approximate surface area is 168 Å². The highest BCUT2D eigenvalue weighted by Gasteiger charge is 2.53. The van der Waals surface area contributed by atoms with Crippen molar-refractivity contribution in [2.45, 2.75) is 69.7 Å². The van der Waals surface area contributed by atoms with Crippen LogP contribution in [0.25, 0.3) is 0 Å². The van der Waals surface area contributed by atoms with Gasteiger partial charge in [0.25, 0.3) is 0 Å². The fraction of sp³-hybridized carbons (Fsp3) is 0.583. The molecule has 4 heteroatoms. The van der Waals surface area contributed by atoms with Gasteiger partial charge in [0.15, 0.2) is 0 Å². The van der Waals surface area contributed by atoms with Gasteiger partial charge in [-0.1, -0.05) is 36.8 Å². The molecule has 0 bridgehead atoms. The Kier molecular flexibility index (Phi) is 4.53. The first-order chi connectivity index (χ1) is 13.7. The monoisotopic (exact) mass is 377 g/mol. The number of carbonyl (C=O) groups excluding carboxylic acids is 1. The van der Waals surface area contributed by atoms with E-state index in [1.807, 2.05) is 12.3 Å². The first-order valence-corrected chi connectivity index (χ1v) is 11.0. The second kappa shape index (κ2) is 7.06. The fourth-order valence-corrected chi connectivity index (χ4v) is 5.18. The zero-order chi connectivity index (χ0) is 19.1. The molecule has 0 spiro atoms. The van der Waals surface area contributed by atoms with Crippen molar-refractivity contribution in [2.24, 2.45) is 5.92 Å². The number of hydrogen-bond donors (Lipinski definition) is 0. The summed E-state index contributed by atoms with van der Waals surface area (Å²) in [5, 5.41) is 0. The van der Waals surface area contributed by atoms with Crippen LogP contribution in [0.1, 0.15) is 67.9 Å². The van der Waals surface area contributed by atoms with Gasteiger partial charge in [-0.05, 0) is 56.9 Å². The summed E-state index contributed by atoms with van der Waals surface area (Å²) in [5.41, 5.74) is 2.25. The molecule has 1 unspecified atom stereocenters. The minimum atomic E-state index is -0.231. The van der Waals surface area contributed by atoms with Crippen molar-refractivity contribution >= 4 is 5.91 Å². The molecule has 3 fully saturated rings. The van der Waals surface area contributed by atoms with Crippen molar-refractivity contribution in [1.82, 2.24) is 14.5 Å². The van der Waals surface area contributed by atoms with E-state index in [0.29, 0.717) is 17.7 Å². The van der Waals surface area contributed by atoms with E-state index in [2.05, 4.69) is 40.7 Å². The third-order valence-corrected chi connectivity index (χ3v) is 7.29.